The third-order valence-electron chi connectivity index (χ3n) is 4.41. The van der Waals surface area contributed by atoms with Crippen molar-refractivity contribution >= 4 is 17.6 Å². The Balaban J connectivity index is 1.90. The number of nitrogens with zero attached hydrogens (tertiary/aromatic N) is 1. The van der Waals surface area contributed by atoms with E-state index in [1.807, 2.05) is 31.2 Å². The van der Waals surface area contributed by atoms with E-state index in [0.29, 0.717) is 19.6 Å². The molecule has 5 nitrogen and oxygen atoms in total. The molecular weight excluding hydrogens is 270 g/mol. The van der Waals surface area contributed by atoms with Crippen molar-refractivity contribution in [3.05, 3.63) is 29.8 Å². The molecule has 0 aliphatic carbocycles. The topological polar surface area (TPSA) is 66.8 Å². The van der Waals surface area contributed by atoms with E-state index in [1.54, 1.807) is 4.90 Å². The van der Waals surface area contributed by atoms with Crippen LogP contribution in [-0.2, 0) is 14.3 Å². The monoisotopic (exact) mass is 289 g/mol. The molecule has 0 bridgehead atoms. The molecule has 0 spiro atoms. The molecule has 5 heteroatoms. The summed E-state index contributed by atoms with van der Waals surface area (Å²) >= 11 is 0. The summed E-state index contributed by atoms with van der Waals surface area (Å²) in [5.74, 6) is -1.04. The lowest BCUT2D eigenvalue weighted by atomic mass is 9.98. The van der Waals surface area contributed by atoms with Crippen LogP contribution < -0.4 is 4.90 Å². The predicted molar refractivity (Wildman–Crippen MR) is 77.4 cm³/mol. The zero-order valence-corrected chi connectivity index (χ0v) is 12.0. The quantitative estimate of drug-likeness (QED) is 0.926. The van der Waals surface area contributed by atoms with Gasteiger partial charge in [-0.2, -0.15) is 0 Å². The van der Waals surface area contributed by atoms with Crippen LogP contribution in [0.1, 0.15) is 37.7 Å². The molecule has 0 aromatic heterocycles. The third-order valence-corrected chi connectivity index (χ3v) is 4.41. The van der Waals surface area contributed by atoms with Crippen LogP contribution in [0.25, 0.3) is 0 Å². The molecule has 1 aromatic carbocycles. The second-order valence-electron chi connectivity index (χ2n) is 5.95. The second kappa shape index (κ2) is 5.15. The number of rotatable bonds is 3. The van der Waals surface area contributed by atoms with Crippen LogP contribution in [0.4, 0.5) is 5.69 Å². The van der Waals surface area contributed by atoms with Gasteiger partial charge in [0.2, 0.25) is 0 Å². The molecule has 2 unspecified atom stereocenters. The first-order valence-corrected chi connectivity index (χ1v) is 7.28. The molecule has 1 N–H and O–H groups in total. The number of fused-ring (bicyclic) bond motifs is 1. The number of ether oxygens (including phenoxy) is 1. The number of anilines is 1. The molecule has 112 valence electrons. The molecule has 2 aliphatic rings. The molecule has 1 aromatic rings. The van der Waals surface area contributed by atoms with Gasteiger partial charge in [0.25, 0.3) is 5.91 Å². The number of hydrogen-bond acceptors (Lipinski definition) is 3. The maximum atomic E-state index is 12.8. The van der Waals surface area contributed by atoms with Crippen molar-refractivity contribution in [1.82, 2.24) is 0 Å². The van der Waals surface area contributed by atoms with Crippen molar-refractivity contribution in [2.24, 2.45) is 0 Å². The van der Waals surface area contributed by atoms with E-state index < -0.39 is 11.6 Å². The highest BCUT2D eigenvalue weighted by Crippen LogP contribution is 2.40. The average molecular weight is 289 g/mol. The summed E-state index contributed by atoms with van der Waals surface area (Å²) < 4.78 is 5.64. The van der Waals surface area contributed by atoms with Crippen molar-refractivity contribution in [3.63, 3.8) is 0 Å². The van der Waals surface area contributed by atoms with Crippen molar-refractivity contribution in [2.45, 2.75) is 37.7 Å². The summed E-state index contributed by atoms with van der Waals surface area (Å²) in [6, 6.07) is 7.55. The van der Waals surface area contributed by atoms with Gasteiger partial charge in [-0.25, -0.2) is 0 Å². The highest BCUT2D eigenvalue weighted by Gasteiger charge is 2.44. The first-order chi connectivity index (χ1) is 10.0. The molecule has 2 atom stereocenters. The van der Waals surface area contributed by atoms with E-state index in [-0.39, 0.29) is 18.2 Å². The average Bonchev–Trinajstić information content (AvgIpc) is 3.04. The number of carboxylic acids is 1. The third kappa shape index (κ3) is 2.42. The van der Waals surface area contributed by atoms with Gasteiger partial charge in [0.05, 0.1) is 6.42 Å². The molecule has 1 saturated heterocycles. The van der Waals surface area contributed by atoms with Gasteiger partial charge in [0.1, 0.15) is 5.60 Å². The van der Waals surface area contributed by atoms with Crippen LogP contribution in [0.2, 0.25) is 0 Å². The number of carboxylic acid groups (broad SMARTS) is 1. The Kier molecular flexibility index (Phi) is 3.45. The first-order valence-electron chi connectivity index (χ1n) is 7.28. The van der Waals surface area contributed by atoms with Crippen LogP contribution in [0.5, 0.6) is 0 Å². The fraction of sp³-hybridized carbons (Fsp3) is 0.500. The summed E-state index contributed by atoms with van der Waals surface area (Å²) in [7, 11) is 0. The largest absolute Gasteiger partial charge is 0.481 e. The Bertz CT molecular complexity index is 577. The van der Waals surface area contributed by atoms with Crippen molar-refractivity contribution in [3.8, 4) is 0 Å². The number of benzene rings is 1. The lowest BCUT2D eigenvalue weighted by molar-refractivity contribution is -0.138. The molecule has 1 fully saturated rings. The van der Waals surface area contributed by atoms with E-state index in [0.717, 1.165) is 17.7 Å². The van der Waals surface area contributed by atoms with Crippen molar-refractivity contribution in [2.75, 3.05) is 18.1 Å². The highest BCUT2D eigenvalue weighted by atomic mass is 16.5. The van der Waals surface area contributed by atoms with Gasteiger partial charge in [-0.3, -0.25) is 9.59 Å². The van der Waals surface area contributed by atoms with Gasteiger partial charge in [-0.1, -0.05) is 18.2 Å². The van der Waals surface area contributed by atoms with Crippen LogP contribution in [-0.4, -0.2) is 35.7 Å². The number of aliphatic carboxylic acids is 1. The molecule has 0 radical (unpaired) electrons. The molecule has 3 rings (SSSR count). The Labute approximate surface area is 123 Å². The van der Waals surface area contributed by atoms with E-state index in [9.17, 15) is 9.59 Å². The number of amides is 1. The molecular formula is C16H19NO4. The number of para-hydroxylation sites is 1. The highest BCUT2D eigenvalue weighted by molar-refractivity contribution is 6.01. The summed E-state index contributed by atoms with van der Waals surface area (Å²) in [6.45, 7) is 2.86. The van der Waals surface area contributed by atoms with Gasteiger partial charge in [-0.05, 0) is 31.4 Å². The van der Waals surface area contributed by atoms with Gasteiger partial charge in [0.15, 0.2) is 0 Å². The smallest absolute Gasteiger partial charge is 0.304 e. The van der Waals surface area contributed by atoms with Gasteiger partial charge < -0.3 is 14.7 Å². The predicted octanol–water partition coefficient (Wildman–Crippen LogP) is 2.16. The normalized spacial score (nSPS) is 27.7. The Hall–Kier alpha value is -1.88. The lowest BCUT2D eigenvalue weighted by Crippen LogP contribution is -2.46. The SMILES string of the molecule is CC1(C(=O)N2CC(CC(=O)O)c3ccccc32)CCCO1. The summed E-state index contributed by atoms with van der Waals surface area (Å²) in [5.41, 5.74) is 0.992. The molecule has 1 amide bonds. The minimum atomic E-state index is -0.840. The maximum absolute atomic E-state index is 12.8. The first kappa shape index (κ1) is 14.1. The Morgan fingerprint density at radius 2 is 2.19 bits per heavy atom. The summed E-state index contributed by atoms with van der Waals surface area (Å²) in [6.07, 6.45) is 1.64. The van der Waals surface area contributed by atoms with Gasteiger partial charge in [-0.15, -0.1) is 0 Å². The zero-order chi connectivity index (χ0) is 15.0. The Morgan fingerprint density at radius 3 is 2.86 bits per heavy atom. The Morgan fingerprint density at radius 1 is 1.43 bits per heavy atom. The van der Waals surface area contributed by atoms with E-state index in [1.165, 1.54) is 0 Å². The molecule has 2 aliphatic heterocycles. The van der Waals surface area contributed by atoms with Gasteiger partial charge >= 0.3 is 5.97 Å². The minimum Gasteiger partial charge on any atom is -0.481 e. The summed E-state index contributed by atoms with van der Waals surface area (Å²) in [4.78, 5) is 25.6. The molecule has 0 saturated carbocycles. The fourth-order valence-electron chi connectivity index (χ4n) is 3.31. The lowest BCUT2D eigenvalue weighted by Gasteiger charge is -2.28. The maximum Gasteiger partial charge on any atom is 0.304 e. The second-order valence-corrected chi connectivity index (χ2v) is 5.95. The van der Waals surface area contributed by atoms with E-state index in [4.69, 9.17) is 9.84 Å². The zero-order valence-electron chi connectivity index (χ0n) is 12.0. The van der Waals surface area contributed by atoms with Crippen LogP contribution in [0.3, 0.4) is 0 Å². The van der Waals surface area contributed by atoms with Crippen molar-refractivity contribution < 1.29 is 19.4 Å². The standard InChI is InChI=1S/C16H19NO4/c1-16(7-4-8-21-16)15(20)17-10-11(9-14(18)19)12-5-2-3-6-13(12)17/h2-3,5-6,11H,4,7-10H2,1H3,(H,18,19). The van der Waals surface area contributed by atoms with Crippen LogP contribution in [0, 0.1) is 0 Å². The summed E-state index contributed by atoms with van der Waals surface area (Å²) in [5, 5.41) is 9.06. The minimum absolute atomic E-state index is 0.0400. The van der Waals surface area contributed by atoms with Crippen LogP contribution in [0.15, 0.2) is 24.3 Å². The number of carbonyl (C=O) groups is 2. The number of hydrogen-bond donors (Lipinski definition) is 1. The van der Waals surface area contributed by atoms with Crippen LogP contribution >= 0.6 is 0 Å². The number of carbonyl (C=O) groups excluding carboxylic acids is 1. The van der Waals surface area contributed by atoms with Gasteiger partial charge in [0, 0.05) is 24.8 Å². The van der Waals surface area contributed by atoms with Crippen molar-refractivity contribution in [1.29, 1.82) is 0 Å². The van der Waals surface area contributed by atoms with E-state index >= 15 is 0 Å². The molecule has 2 heterocycles. The molecule has 21 heavy (non-hydrogen) atoms. The van der Waals surface area contributed by atoms with E-state index in [2.05, 4.69) is 0 Å². The fourth-order valence-corrected chi connectivity index (χ4v) is 3.31.